The number of thioether (sulfide) groups is 1. The largest absolute Gasteiger partial charge is 0.303 e. The van der Waals surface area contributed by atoms with Gasteiger partial charge in [-0.05, 0) is 6.26 Å². The van der Waals surface area contributed by atoms with Crippen LogP contribution >= 0.6 is 23.1 Å². The first-order valence-corrected chi connectivity index (χ1v) is 9.08. The minimum atomic E-state index is -0.326. The van der Waals surface area contributed by atoms with E-state index < -0.39 is 0 Å². The Hall–Kier alpha value is -2.52. The third-order valence-corrected chi connectivity index (χ3v) is 4.52. The van der Waals surface area contributed by atoms with Crippen LogP contribution in [0.3, 0.4) is 0 Å². The standard InChI is InChI=1S/C15H14N6OS2/c1-16-15(23-2)21-13(22)12(18-19-14-17-8-9-24-14)11(20-21)10-6-4-3-5-7-10/h3-9H,1-2H3,(H,17,19)/b16-15-,18-12+. The molecule has 0 aliphatic carbocycles. The lowest BCUT2D eigenvalue weighted by Crippen LogP contribution is -2.32. The summed E-state index contributed by atoms with van der Waals surface area (Å²) in [5, 5.41) is 12.9. The van der Waals surface area contributed by atoms with Crippen LogP contribution in [-0.2, 0) is 4.79 Å². The molecule has 9 heteroatoms. The molecule has 0 radical (unpaired) electrons. The number of hydrazone groups is 2. The van der Waals surface area contributed by atoms with E-state index in [0.29, 0.717) is 16.0 Å². The number of anilines is 1. The van der Waals surface area contributed by atoms with E-state index in [1.807, 2.05) is 42.0 Å². The molecule has 0 spiro atoms. The van der Waals surface area contributed by atoms with Crippen molar-refractivity contribution in [3.05, 3.63) is 47.5 Å². The van der Waals surface area contributed by atoms with E-state index in [4.69, 9.17) is 0 Å². The predicted octanol–water partition coefficient (Wildman–Crippen LogP) is 2.51. The molecule has 0 atom stereocenters. The highest BCUT2D eigenvalue weighted by molar-refractivity contribution is 8.13. The highest BCUT2D eigenvalue weighted by Gasteiger charge is 2.35. The molecular weight excluding hydrogens is 344 g/mol. The van der Waals surface area contributed by atoms with Crippen LogP contribution in [0, 0.1) is 0 Å². The van der Waals surface area contributed by atoms with Crippen LogP contribution in [-0.4, -0.2) is 45.8 Å². The van der Waals surface area contributed by atoms with Crippen molar-refractivity contribution in [1.82, 2.24) is 9.99 Å². The van der Waals surface area contributed by atoms with E-state index >= 15 is 0 Å². The molecule has 7 nitrogen and oxygen atoms in total. The minimum Gasteiger partial charge on any atom is -0.265 e. The molecule has 1 amide bonds. The summed E-state index contributed by atoms with van der Waals surface area (Å²) in [5.74, 6) is -0.326. The van der Waals surface area contributed by atoms with Crippen molar-refractivity contribution in [1.29, 1.82) is 0 Å². The van der Waals surface area contributed by atoms with E-state index in [-0.39, 0.29) is 11.6 Å². The first kappa shape index (κ1) is 16.3. The SMILES string of the molecule is C/N=C(\SC)N1N=C(c2ccccc2)/C(=N\Nc2nccs2)C1=O. The molecule has 2 aromatic rings. The van der Waals surface area contributed by atoms with Crippen molar-refractivity contribution >= 4 is 50.7 Å². The van der Waals surface area contributed by atoms with Gasteiger partial charge in [-0.2, -0.15) is 15.2 Å². The Morgan fingerprint density at radius 3 is 2.75 bits per heavy atom. The fourth-order valence-corrected chi connectivity index (χ4v) is 3.02. The Kier molecular flexibility index (Phi) is 5.02. The average Bonchev–Trinajstić information content (AvgIpc) is 3.24. The summed E-state index contributed by atoms with van der Waals surface area (Å²) in [6.07, 6.45) is 3.51. The zero-order valence-corrected chi connectivity index (χ0v) is 14.6. The Labute approximate surface area is 147 Å². The number of carbonyl (C=O) groups is 1. The number of hydrogen-bond donors (Lipinski definition) is 1. The molecule has 24 heavy (non-hydrogen) atoms. The van der Waals surface area contributed by atoms with Gasteiger partial charge in [-0.3, -0.25) is 15.2 Å². The number of hydrogen-bond acceptors (Lipinski definition) is 8. The summed E-state index contributed by atoms with van der Waals surface area (Å²) in [4.78, 5) is 20.9. The number of carbonyl (C=O) groups excluding carboxylic acids is 1. The maximum atomic E-state index is 12.7. The van der Waals surface area contributed by atoms with Crippen molar-refractivity contribution in [2.75, 3.05) is 18.7 Å². The number of benzene rings is 1. The first-order valence-electron chi connectivity index (χ1n) is 6.97. The number of thiazole rings is 1. The highest BCUT2D eigenvalue weighted by atomic mass is 32.2. The number of aromatic nitrogens is 1. The fraction of sp³-hybridized carbons (Fsp3) is 0.133. The Bertz CT molecular complexity index is 814. The van der Waals surface area contributed by atoms with Gasteiger partial charge in [0.05, 0.1) is 0 Å². The molecule has 1 aliphatic heterocycles. The van der Waals surface area contributed by atoms with E-state index in [9.17, 15) is 4.79 Å². The van der Waals surface area contributed by atoms with Crippen molar-refractivity contribution in [2.24, 2.45) is 15.2 Å². The van der Waals surface area contributed by atoms with Crippen LogP contribution in [0.4, 0.5) is 5.13 Å². The van der Waals surface area contributed by atoms with Crippen molar-refractivity contribution in [3.8, 4) is 0 Å². The number of aliphatic imine (C=N–C) groups is 1. The monoisotopic (exact) mass is 358 g/mol. The lowest BCUT2D eigenvalue weighted by molar-refractivity contribution is -0.119. The maximum Gasteiger partial charge on any atom is 0.303 e. The third-order valence-electron chi connectivity index (χ3n) is 3.12. The van der Waals surface area contributed by atoms with Gasteiger partial charge in [0.2, 0.25) is 5.13 Å². The highest BCUT2D eigenvalue weighted by Crippen LogP contribution is 2.18. The molecule has 0 bridgehead atoms. The molecule has 1 aromatic carbocycles. The van der Waals surface area contributed by atoms with Gasteiger partial charge in [0, 0.05) is 24.2 Å². The first-order chi connectivity index (χ1) is 11.7. The summed E-state index contributed by atoms with van der Waals surface area (Å²) >= 11 is 2.75. The van der Waals surface area contributed by atoms with E-state index in [1.54, 1.807) is 13.2 Å². The van der Waals surface area contributed by atoms with Crippen LogP contribution < -0.4 is 5.43 Å². The molecule has 1 N–H and O–H groups in total. The average molecular weight is 358 g/mol. The summed E-state index contributed by atoms with van der Waals surface area (Å²) < 4.78 is 0. The predicted molar refractivity (Wildman–Crippen MR) is 99.9 cm³/mol. The van der Waals surface area contributed by atoms with Gasteiger partial charge in [-0.15, -0.1) is 11.3 Å². The van der Waals surface area contributed by atoms with Gasteiger partial charge >= 0.3 is 5.91 Å². The van der Waals surface area contributed by atoms with Gasteiger partial charge in [0.1, 0.15) is 5.71 Å². The number of nitrogens with one attached hydrogen (secondary N) is 1. The molecule has 0 saturated heterocycles. The smallest absolute Gasteiger partial charge is 0.265 e. The Morgan fingerprint density at radius 1 is 1.33 bits per heavy atom. The molecule has 2 heterocycles. The number of rotatable bonds is 3. The lowest BCUT2D eigenvalue weighted by Gasteiger charge is -2.10. The Balaban J connectivity index is 2.00. The molecule has 0 fully saturated rings. The summed E-state index contributed by atoms with van der Waals surface area (Å²) in [6, 6.07) is 9.46. The number of amides is 1. The fourth-order valence-electron chi connectivity index (χ4n) is 2.07. The molecular formula is C15H14N6OS2. The van der Waals surface area contributed by atoms with Crippen LogP contribution in [0.1, 0.15) is 5.56 Å². The maximum absolute atomic E-state index is 12.7. The number of amidine groups is 1. The van der Waals surface area contributed by atoms with Gasteiger partial charge in [-0.1, -0.05) is 42.1 Å². The normalized spacial score (nSPS) is 16.7. The molecule has 122 valence electrons. The molecule has 0 unspecified atom stereocenters. The van der Waals surface area contributed by atoms with Gasteiger partial charge in [-0.25, -0.2) is 4.98 Å². The van der Waals surface area contributed by atoms with E-state index in [1.165, 1.54) is 28.1 Å². The van der Waals surface area contributed by atoms with Gasteiger partial charge < -0.3 is 0 Å². The summed E-state index contributed by atoms with van der Waals surface area (Å²) in [6.45, 7) is 0. The quantitative estimate of drug-likeness (QED) is 0.519. The van der Waals surface area contributed by atoms with Crippen molar-refractivity contribution < 1.29 is 4.79 Å². The minimum absolute atomic E-state index is 0.228. The molecule has 3 rings (SSSR count). The summed E-state index contributed by atoms with van der Waals surface area (Å²) in [7, 11) is 1.62. The zero-order valence-electron chi connectivity index (χ0n) is 13.0. The number of nitrogens with zero attached hydrogens (tertiary/aromatic N) is 5. The Morgan fingerprint density at radius 2 is 2.12 bits per heavy atom. The molecule has 1 aliphatic rings. The topological polar surface area (TPSA) is 82.3 Å². The third kappa shape index (κ3) is 3.22. The zero-order chi connectivity index (χ0) is 16.9. The second kappa shape index (κ2) is 7.37. The molecule has 1 aromatic heterocycles. The van der Waals surface area contributed by atoms with Gasteiger partial charge in [0.15, 0.2) is 10.9 Å². The van der Waals surface area contributed by atoms with Crippen LogP contribution in [0.5, 0.6) is 0 Å². The second-order valence-electron chi connectivity index (χ2n) is 4.55. The van der Waals surface area contributed by atoms with Crippen molar-refractivity contribution in [2.45, 2.75) is 0 Å². The van der Waals surface area contributed by atoms with Crippen LogP contribution in [0.25, 0.3) is 0 Å². The summed E-state index contributed by atoms with van der Waals surface area (Å²) in [5.41, 5.74) is 4.35. The van der Waals surface area contributed by atoms with Gasteiger partial charge in [0.25, 0.3) is 0 Å². The lowest BCUT2D eigenvalue weighted by atomic mass is 10.1. The molecule has 0 saturated carbocycles. The van der Waals surface area contributed by atoms with E-state index in [2.05, 4.69) is 25.6 Å². The van der Waals surface area contributed by atoms with Crippen LogP contribution in [0.15, 0.2) is 57.1 Å². The van der Waals surface area contributed by atoms with E-state index in [0.717, 1.165) is 5.56 Å². The second-order valence-corrected chi connectivity index (χ2v) is 6.22. The van der Waals surface area contributed by atoms with Crippen LogP contribution in [0.2, 0.25) is 0 Å². The van der Waals surface area contributed by atoms with Crippen molar-refractivity contribution in [3.63, 3.8) is 0 Å².